The number of allylic oxidation sites excluding steroid dienone is 4. The van der Waals surface area contributed by atoms with Gasteiger partial charge in [-0.25, -0.2) is 0 Å². The maximum atomic E-state index is 8.59. The minimum atomic E-state index is -0.0848. The number of hydrogen-bond acceptors (Lipinski definition) is 7. The van der Waals surface area contributed by atoms with Crippen LogP contribution in [0.5, 0.6) is 0 Å². The minimum absolute atomic E-state index is 0.0848. The van der Waals surface area contributed by atoms with Crippen molar-refractivity contribution >= 4 is 5.71 Å². The zero-order valence-electron chi connectivity index (χ0n) is 19.9. The Bertz CT molecular complexity index is 739. The molecule has 1 atom stereocenters. The van der Waals surface area contributed by atoms with Crippen molar-refractivity contribution in [2.24, 2.45) is 5.73 Å². The average molecular weight is 444 g/mol. The van der Waals surface area contributed by atoms with Crippen LogP contribution in [-0.4, -0.2) is 80.1 Å². The first-order valence-electron chi connectivity index (χ1n) is 11.9. The summed E-state index contributed by atoms with van der Waals surface area (Å²) in [5.41, 5.74) is 7.19. The van der Waals surface area contributed by atoms with Crippen molar-refractivity contribution in [3.05, 3.63) is 48.0 Å². The first kappa shape index (κ1) is 24.6. The number of ether oxygens (including phenoxy) is 2. The Hall–Kier alpha value is -2.09. The van der Waals surface area contributed by atoms with Gasteiger partial charge in [0, 0.05) is 65.1 Å². The zero-order chi connectivity index (χ0) is 23.0. The van der Waals surface area contributed by atoms with Crippen LogP contribution < -0.4 is 11.1 Å². The Morgan fingerprint density at radius 2 is 2.06 bits per heavy atom. The Morgan fingerprint density at radius 1 is 1.31 bits per heavy atom. The lowest BCUT2D eigenvalue weighted by Gasteiger charge is -2.38. The first-order chi connectivity index (χ1) is 15.5. The molecule has 3 aliphatic rings. The molecule has 3 fully saturated rings. The van der Waals surface area contributed by atoms with E-state index in [0.717, 1.165) is 69.3 Å². The molecule has 2 saturated heterocycles. The molecule has 2 aliphatic heterocycles. The normalized spacial score (nSPS) is 24.4. The predicted octanol–water partition coefficient (Wildman–Crippen LogP) is 2.78. The monoisotopic (exact) mass is 443 g/mol. The molecule has 1 aliphatic carbocycles. The summed E-state index contributed by atoms with van der Waals surface area (Å²) in [7, 11) is 1.95. The van der Waals surface area contributed by atoms with E-state index in [1.54, 1.807) is 6.08 Å². The van der Waals surface area contributed by atoms with E-state index < -0.39 is 0 Å². The topological polar surface area (TPSA) is 86.8 Å². The van der Waals surface area contributed by atoms with Crippen LogP contribution in [0.25, 0.3) is 0 Å². The third-order valence-electron chi connectivity index (χ3n) is 6.48. The summed E-state index contributed by atoms with van der Waals surface area (Å²) < 4.78 is 11.9. The second-order valence-electron chi connectivity index (χ2n) is 9.18. The van der Waals surface area contributed by atoms with Crippen LogP contribution in [0.4, 0.5) is 0 Å². The molecule has 1 unspecified atom stereocenters. The summed E-state index contributed by atoms with van der Waals surface area (Å²) >= 11 is 0. The number of rotatable bonds is 12. The van der Waals surface area contributed by atoms with Gasteiger partial charge in [0.15, 0.2) is 0 Å². The lowest BCUT2D eigenvalue weighted by molar-refractivity contribution is 0.0552. The number of piperazine rings is 1. The SMILES string of the molecule is C=C/C=C(\C=C(/CN)C(=N)C/C=C(\NC)N1CCN(CC2CCCO2)CC1)OC1(C)CC1. The van der Waals surface area contributed by atoms with Crippen molar-refractivity contribution in [2.75, 3.05) is 52.9 Å². The standard InChI is InChI=1S/C25H41N5O2/c1-4-6-21(32-25(2)10-11-25)17-20(18-26)23(27)8-9-24(28-3)30-14-12-29(13-15-30)19-22-7-5-16-31-22/h4,6,9,17,22,27-28H,1,5,7-8,10-16,18-19,26H2,2-3H3/b20-17+,21-6+,24-9+,27-23?. The summed E-state index contributed by atoms with van der Waals surface area (Å²) in [5, 5.41) is 11.9. The molecule has 0 aromatic heterocycles. The van der Waals surface area contributed by atoms with Crippen molar-refractivity contribution in [1.29, 1.82) is 5.41 Å². The molecule has 0 spiro atoms. The smallest absolute Gasteiger partial charge is 0.120 e. The highest BCUT2D eigenvalue weighted by Gasteiger charge is 2.40. The number of nitrogens with one attached hydrogen (secondary N) is 2. The van der Waals surface area contributed by atoms with Gasteiger partial charge in [0.25, 0.3) is 0 Å². The Kier molecular flexibility index (Phi) is 8.96. The van der Waals surface area contributed by atoms with E-state index in [2.05, 4.69) is 34.7 Å². The average Bonchev–Trinajstić information content (AvgIpc) is 3.29. The molecule has 0 radical (unpaired) electrons. The molecular weight excluding hydrogens is 402 g/mol. The predicted molar refractivity (Wildman–Crippen MR) is 131 cm³/mol. The summed E-state index contributed by atoms with van der Waals surface area (Å²) in [6.45, 7) is 12.2. The van der Waals surface area contributed by atoms with Gasteiger partial charge in [-0.15, -0.1) is 0 Å². The number of nitrogens with two attached hydrogens (primary N) is 1. The third-order valence-corrected chi connectivity index (χ3v) is 6.48. The van der Waals surface area contributed by atoms with E-state index in [1.165, 1.54) is 12.8 Å². The first-order valence-corrected chi connectivity index (χ1v) is 11.9. The van der Waals surface area contributed by atoms with E-state index in [1.807, 2.05) is 19.2 Å². The molecule has 7 heteroatoms. The Morgan fingerprint density at radius 3 is 2.62 bits per heavy atom. The summed E-state index contributed by atoms with van der Waals surface area (Å²) in [6.07, 6.45) is 13.0. The van der Waals surface area contributed by atoms with Gasteiger partial charge in [-0.2, -0.15) is 0 Å². The summed E-state index contributed by atoms with van der Waals surface area (Å²) in [6, 6.07) is 0. The Balaban J connectivity index is 1.54. The van der Waals surface area contributed by atoms with Gasteiger partial charge in [0.2, 0.25) is 0 Å². The van der Waals surface area contributed by atoms with E-state index in [-0.39, 0.29) is 5.60 Å². The van der Waals surface area contributed by atoms with Gasteiger partial charge < -0.3 is 30.8 Å². The molecule has 3 rings (SSSR count). The molecule has 0 bridgehead atoms. The summed E-state index contributed by atoms with van der Waals surface area (Å²) in [4.78, 5) is 4.87. The Labute approximate surface area is 193 Å². The molecule has 32 heavy (non-hydrogen) atoms. The molecule has 178 valence electrons. The van der Waals surface area contributed by atoms with Gasteiger partial charge in [-0.1, -0.05) is 12.7 Å². The maximum absolute atomic E-state index is 8.59. The van der Waals surface area contributed by atoms with E-state index in [0.29, 0.717) is 24.8 Å². The minimum Gasteiger partial charge on any atom is -0.488 e. The van der Waals surface area contributed by atoms with Crippen LogP contribution in [0.2, 0.25) is 0 Å². The van der Waals surface area contributed by atoms with Crippen molar-refractivity contribution in [2.45, 2.75) is 50.7 Å². The number of nitrogens with zero attached hydrogens (tertiary/aromatic N) is 2. The quantitative estimate of drug-likeness (QED) is 0.244. The van der Waals surface area contributed by atoms with Gasteiger partial charge in [0.1, 0.15) is 11.4 Å². The van der Waals surface area contributed by atoms with Gasteiger partial charge in [0.05, 0.1) is 11.9 Å². The molecule has 7 nitrogen and oxygen atoms in total. The van der Waals surface area contributed by atoms with Crippen LogP contribution in [0, 0.1) is 5.41 Å². The highest BCUT2D eigenvalue weighted by atomic mass is 16.5. The van der Waals surface area contributed by atoms with E-state index in [4.69, 9.17) is 20.6 Å². The molecule has 0 amide bonds. The zero-order valence-corrected chi connectivity index (χ0v) is 19.9. The van der Waals surface area contributed by atoms with Crippen LogP contribution >= 0.6 is 0 Å². The van der Waals surface area contributed by atoms with Crippen LogP contribution in [-0.2, 0) is 9.47 Å². The molecule has 2 heterocycles. The second kappa shape index (κ2) is 11.7. The number of hydrogen-bond donors (Lipinski definition) is 3. The van der Waals surface area contributed by atoms with E-state index in [9.17, 15) is 0 Å². The lowest BCUT2D eigenvalue weighted by atomic mass is 10.1. The molecule has 0 aromatic rings. The molecule has 0 aromatic carbocycles. The fraction of sp³-hybridized carbons (Fsp3) is 0.640. The fourth-order valence-corrected chi connectivity index (χ4v) is 4.20. The van der Waals surface area contributed by atoms with Crippen molar-refractivity contribution in [3.63, 3.8) is 0 Å². The molecule has 1 saturated carbocycles. The third kappa shape index (κ3) is 7.22. The van der Waals surface area contributed by atoms with Crippen LogP contribution in [0.3, 0.4) is 0 Å². The molecular formula is C25H41N5O2. The maximum Gasteiger partial charge on any atom is 0.120 e. The fourth-order valence-electron chi connectivity index (χ4n) is 4.20. The van der Waals surface area contributed by atoms with E-state index >= 15 is 0 Å². The highest BCUT2D eigenvalue weighted by molar-refractivity contribution is 5.99. The highest BCUT2D eigenvalue weighted by Crippen LogP contribution is 2.40. The van der Waals surface area contributed by atoms with Crippen molar-refractivity contribution < 1.29 is 9.47 Å². The van der Waals surface area contributed by atoms with Crippen molar-refractivity contribution in [1.82, 2.24) is 15.1 Å². The van der Waals surface area contributed by atoms with Crippen molar-refractivity contribution in [3.8, 4) is 0 Å². The molecule has 4 N–H and O–H groups in total. The lowest BCUT2D eigenvalue weighted by Crippen LogP contribution is -2.49. The second-order valence-corrected chi connectivity index (χ2v) is 9.18. The summed E-state index contributed by atoms with van der Waals surface area (Å²) in [5.74, 6) is 1.80. The van der Waals surface area contributed by atoms with Gasteiger partial charge in [-0.05, 0) is 56.4 Å². The van der Waals surface area contributed by atoms with Crippen LogP contribution in [0.15, 0.2) is 48.0 Å². The van der Waals surface area contributed by atoms with Crippen LogP contribution in [0.1, 0.15) is 39.0 Å². The van der Waals surface area contributed by atoms with Gasteiger partial charge >= 0.3 is 0 Å². The largest absolute Gasteiger partial charge is 0.488 e. The van der Waals surface area contributed by atoms with Gasteiger partial charge in [-0.3, -0.25) is 4.90 Å².